The summed E-state index contributed by atoms with van der Waals surface area (Å²) in [6, 6.07) is 0. The van der Waals surface area contributed by atoms with Gasteiger partial charge < -0.3 is 45.0 Å². The Hall–Kier alpha value is -3.79. The number of allylic oxidation sites excluding steroid dienone is 19. The zero-order valence-corrected chi connectivity index (χ0v) is 39.9. The maximum Gasteiger partial charge on any atom is 0.472 e. The Labute approximate surface area is 393 Å². The molecule has 7 N–H and O–H groups in total. The average Bonchev–Trinajstić information content (AvgIpc) is 3.29. The molecule has 372 valence electrons. The van der Waals surface area contributed by atoms with Crippen LogP contribution in [0, 0.1) is 0 Å². The van der Waals surface area contributed by atoms with Gasteiger partial charge in [-0.05, 0) is 83.5 Å². The van der Waals surface area contributed by atoms with E-state index in [1.165, 1.54) is 19.3 Å². The fraction of sp³-hybridized carbons (Fsp3) is 0.569. The lowest BCUT2D eigenvalue weighted by Crippen LogP contribution is -2.64. The zero-order valence-electron chi connectivity index (χ0n) is 39.0. The minimum Gasteiger partial charge on any atom is -0.462 e. The third-order valence-electron chi connectivity index (χ3n) is 9.90. The van der Waals surface area contributed by atoms with Crippen LogP contribution >= 0.6 is 7.82 Å². The van der Waals surface area contributed by atoms with Gasteiger partial charge in [0.1, 0.15) is 43.2 Å². The summed E-state index contributed by atoms with van der Waals surface area (Å²) in [4.78, 5) is 35.7. The van der Waals surface area contributed by atoms with Crippen molar-refractivity contribution in [2.75, 3.05) is 13.2 Å². The van der Waals surface area contributed by atoms with Crippen LogP contribution in [-0.4, -0.2) is 110 Å². The van der Waals surface area contributed by atoms with Crippen LogP contribution in [0.2, 0.25) is 0 Å². The summed E-state index contributed by atoms with van der Waals surface area (Å²) in [5.74, 6) is -1.42. The molecular formula is C51H79O14P. The Balaban J connectivity index is 2.61. The van der Waals surface area contributed by atoms with Crippen molar-refractivity contribution < 1.29 is 68.2 Å². The first-order chi connectivity index (χ1) is 31.8. The van der Waals surface area contributed by atoms with E-state index in [-0.39, 0.29) is 25.7 Å². The second-order valence-corrected chi connectivity index (χ2v) is 17.1. The first-order valence-electron chi connectivity index (χ1n) is 23.4. The van der Waals surface area contributed by atoms with Crippen LogP contribution in [0.5, 0.6) is 0 Å². The minimum absolute atomic E-state index is 0.00543. The molecule has 0 aromatic heterocycles. The van der Waals surface area contributed by atoms with E-state index in [1.807, 2.05) is 36.5 Å². The molecule has 4 unspecified atom stereocenters. The number of unbranched alkanes of at least 4 members (excludes halogenated alkanes) is 3. The minimum atomic E-state index is -5.20. The number of rotatable bonds is 36. The van der Waals surface area contributed by atoms with Gasteiger partial charge in [-0.15, -0.1) is 0 Å². The number of hydrogen-bond acceptors (Lipinski definition) is 13. The molecule has 1 fully saturated rings. The fourth-order valence-electron chi connectivity index (χ4n) is 6.12. The number of ether oxygens (including phenoxy) is 2. The van der Waals surface area contributed by atoms with Crippen LogP contribution in [0.3, 0.4) is 0 Å². The number of esters is 2. The lowest BCUT2D eigenvalue weighted by Gasteiger charge is -2.41. The standard InChI is InChI=1S/C51H79O14P/c1-3-5-7-9-11-13-15-17-18-19-20-21-22-24-26-28-30-32-34-38-44(53)62-40-43(41-63-66(60,61)65-51-49(58)47(56)46(55)48(57)50(51)59)64-45(54)39-35-37-42(52)36-33-31-29-27-25-23-16-14-12-10-8-6-4-2/h6,8,11-14,17-18,20-21,23-26,29-33,36,42-43,46-52,55-59H,3-5,7,9-10,15-16,19,22,27-28,34-35,37-41H2,1-2H3,(H,60,61)/b8-6-,13-11-,14-12-,18-17-,21-20-,25-23-,26-24-,31-29-,32-30-,36-33+/t42?,43-,46?,47-,48+,49-,50-,51?/m1/s1. The van der Waals surface area contributed by atoms with E-state index >= 15 is 0 Å². The molecule has 1 rings (SSSR count). The molecule has 1 saturated carbocycles. The SMILES string of the molecule is CC/C=C\C/C=C\C/C=C\C/C=C\C=C\C(O)CCCC(=O)O[C@H](COC(=O)CC/C=C\C/C=C\C/C=C\C/C=C\C/C=C\CCCCC)COP(=O)(O)OC1[C@H](O)[C@H](O)C(O)[C@H](O)[C@H]1O. The van der Waals surface area contributed by atoms with Crippen molar-refractivity contribution >= 4 is 19.8 Å². The Bertz CT molecular complexity index is 1630. The molecule has 66 heavy (non-hydrogen) atoms. The van der Waals surface area contributed by atoms with Gasteiger partial charge in [0.05, 0.1) is 12.7 Å². The molecule has 15 heteroatoms. The van der Waals surface area contributed by atoms with Gasteiger partial charge in [0.15, 0.2) is 6.10 Å². The van der Waals surface area contributed by atoms with Gasteiger partial charge in [-0.2, -0.15) is 0 Å². The molecule has 9 atom stereocenters. The summed E-state index contributed by atoms with van der Waals surface area (Å²) < 4.78 is 33.3. The van der Waals surface area contributed by atoms with E-state index in [0.29, 0.717) is 12.8 Å². The Morgan fingerprint density at radius 3 is 1.58 bits per heavy atom. The summed E-state index contributed by atoms with van der Waals surface area (Å²) in [5, 5.41) is 60.5. The summed E-state index contributed by atoms with van der Waals surface area (Å²) in [5.41, 5.74) is 0. The molecule has 14 nitrogen and oxygen atoms in total. The van der Waals surface area contributed by atoms with Gasteiger partial charge in [-0.3, -0.25) is 18.6 Å². The normalized spacial score (nSPS) is 22.9. The Morgan fingerprint density at radius 2 is 1.05 bits per heavy atom. The monoisotopic (exact) mass is 947 g/mol. The van der Waals surface area contributed by atoms with Crippen LogP contribution in [0.25, 0.3) is 0 Å². The number of phosphoric ester groups is 1. The molecule has 0 spiro atoms. The Kier molecular flexibility index (Phi) is 35.8. The van der Waals surface area contributed by atoms with Gasteiger partial charge in [0.2, 0.25) is 0 Å². The molecule has 0 aromatic rings. The maximum absolute atomic E-state index is 12.8. The fourth-order valence-corrected chi connectivity index (χ4v) is 7.09. The molecular weight excluding hydrogens is 868 g/mol. The molecule has 1 aliphatic rings. The van der Waals surface area contributed by atoms with E-state index in [0.717, 1.165) is 51.4 Å². The number of carbonyl (C=O) groups excluding carboxylic acids is 2. The molecule has 0 radical (unpaired) electrons. The van der Waals surface area contributed by atoms with Crippen molar-refractivity contribution in [2.45, 2.75) is 172 Å². The zero-order chi connectivity index (χ0) is 48.7. The van der Waals surface area contributed by atoms with E-state index in [9.17, 15) is 49.7 Å². The topological polar surface area (TPSA) is 230 Å². The van der Waals surface area contributed by atoms with Crippen molar-refractivity contribution in [2.24, 2.45) is 0 Å². The highest BCUT2D eigenvalue weighted by Crippen LogP contribution is 2.47. The Morgan fingerprint density at radius 1 is 0.561 bits per heavy atom. The van der Waals surface area contributed by atoms with Crippen LogP contribution in [0.4, 0.5) is 0 Å². The summed E-state index contributed by atoms with van der Waals surface area (Å²) in [6.07, 6.45) is 38.5. The van der Waals surface area contributed by atoms with Gasteiger partial charge in [-0.1, -0.05) is 148 Å². The van der Waals surface area contributed by atoms with Crippen molar-refractivity contribution in [1.82, 2.24) is 0 Å². The van der Waals surface area contributed by atoms with Crippen LogP contribution in [0.15, 0.2) is 122 Å². The summed E-state index contributed by atoms with van der Waals surface area (Å²) in [6.45, 7) is 2.91. The third kappa shape index (κ3) is 31.2. The number of aliphatic hydroxyl groups excluding tert-OH is 6. The average molecular weight is 947 g/mol. The predicted molar refractivity (Wildman–Crippen MR) is 259 cm³/mol. The van der Waals surface area contributed by atoms with Crippen LogP contribution in [-0.2, 0) is 32.7 Å². The molecule has 0 aliphatic heterocycles. The largest absolute Gasteiger partial charge is 0.472 e. The first kappa shape index (κ1) is 60.2. The van der Waals surface area contributed by atoms with E-state index in [4.69, 9.17) is 18.5 Å². The number of hydrogen-bond donors (Lipinski definition) is 7. The quantitative estimate of drug-likeness (QED) is 0.0103. The smallest absolute Gasteiger partial charge is 0.462 e. The molecule has 0 saturated heterocycles. The lowest BCUT2D eigenvalue weighted by molar-refractivity contribution is -0.220. The molecule has 0 amide bonds. The third-order valence-corrected chi connectivity index (χ3v) is 10.9. The van der Waals surface area contributed by atoms with Gasteiger partial charge >= 0.3 is 19.8 Å². The van der Waals surface area contributed by atoms with E-state index < -0.39 is 81.8 Å². The van der Waals surface area contributed by atoms with Gasteiger partial charge in [0.25, 0.3) is 0 Å². The maximum atomic E-state index is 12.8. The van der Waals surface area contributed by atoms with Crippen molar-refractivity contribution in [3.8, 4) is 0 Å². The van der Waals surface area contributed by atoms with E-state index in [1.54, 1.807) is 12.2 Å². The lowest BCUT2D eigenvalue weighted by atomic mass is 9.85. The van der Waals surface area contributed by atoms with E-state index in [2.05, 4.69) is 86.8 Å². The van der Waals surface area contributed by atoms with Crippen molar-refractivity contribution in [3.05, 3.63) is 122 Å². The molecule has 0 aromatic carbocycles. The molecule has 0 bridgehead atoms. The first-order valence-corrected chi connectivity index (χ1v) is 24.9. The highest BCUT2D eigenvalue weighted by atomic mass is 31.2. The van der Waals surface area contributed by atoms with Crippen LogP contribution < -0.4 is 0 Å². The van der Waals surface area contributed by atoms with Crippen LogP contribution in [0.1, 0.15) is 123 Å². The van der Waals surface area contributed by atoms with Gasteiger partial charge in [0, 0.05) is 12.8 Å². The number of phosphoric acid groups is 1. The highest BCUT2D eigenvalue weighted by molar-refractivity contribution is 7.47. The van der Waals surface area contributed by atoms with Gasteiger partial charge in [-0.25, -0.2) is 4.57 Å². The summed E-state index contributed by atoms with van der Waals surface area (Å²) in [7, 11) is -5.20. The van der Waals surface area contributed by atoms with Crippen molar-refractivity contribution in [3.63, 3.8) is 0 Å². The molecule has 1 aliphatic carbocycles. The summed E-state index contributed by atoms with van der Waals surface area (Å²) >= 11 is 0. The second-order valence-electron chi connectivity index (χ2n) is 15.7. The number of carbonyl (C=O) groups is 2. The van der Waals surface area contributed by atoms with Crippen molar-refractivity contribution in [1.29, 1.82) is 0 Å². The number of aliphatic hydroxyl groups is 6. The second kappa shape index (κ2) is 39.2. The molecule has 0 heterocycles. The highest BCUT2D eigenvalue weighted by Gasteiger charge is 2.51. The predicted octanol–water partition coefficient (Wildman–Crippen LogP) is 8.36.